The Bertz CT molecular complexity index is 2320. The third kappa shape index (κ3) is 13.0. The summed E-state index contributed by atoms with van der Waals surface area (Å²) in [6.07, 6.45) is 19.8. The SMILES string of the molecule is C=CCO[C@@]12Oc3ccc(Oc4ccc5ccccc5c4)cc3[C@H]3[C@H](CCCCO)[C@@H](CCCCO)C=C(C(=NOC)C[C@@H]1N(Cc1ccc(F)cc1)C(=O)OCCCCCCCCCCCC)[C@H]32. The van der Waals surface area contributed by atoms with Crippen molar-refractivity contribution in [3.05, 3.63) is 126 Å². The normalized spacial score (nSPS) is 22.0. The lowest BCUT2D eigenvalue weighted by atomic mass is 9.55. The van der Waals surface area contributed by atoms with Gasteiger partial charge in [0.2, 0.25) is 5.79 Å². The molecule has 7 rings (SSSR count). The Morgan fingerprint density at radius 3 is 2.23 bits per heavy atom. The molecule has 4 aromatic rings. The van der Waals surface area contributed by atoms with Crippen LogP contribution in [0, 0.1) is 23.6 Å². The van der Waals surface area contributed by atoms with Gasteiger partial charge < -0.3 is 34.0 Å². The summed E-state index contributed by atoms with van der Waals surface area (Å²) < 4.78 is 41.8. The number of fused-ring (bicyclic) bond motifs is 3. The Labute approximate surface area is 409 Å². The van der Waals surface area contributed by atoms with Crippen molar-refractivity contribution < 1.29 is 43.2 Å². The molecule has 372 valence electrons. The van der Waals surface area contributed by atoms with Gasteiger partial charge in [-0.2, -0.15) is 0 Å². The maximum absolute atomic E-state index is 14.9. The number of oxime groups is 1. The van der Waals surface area contributed by atoms with E-state index in [-0.39, 0.29) is 63.0 Å². The van der Waals surface area contributed by atoms with Crippen molar-refractivity contribution in [1.82, 2.24) is 4.90 Å². The lowest BCUT2D eigenvalue weighted by Crippen LogP contribution is -2.70. The van der Waals surface area contributed by atoms with Gasteiger partial charge in [-0.1, -0.05) is 137 Å². The van der Waals surface area contributed by atoms with E-state index in [2.05, 4.69) is 43.8 Å². The van der Waals surface area contributed by atoms with Crippen molar-refractivity contribution in [2.24, 2.45) is 22.9 Å². The number of hydrogen-bond acceptors (Lipinski definition) is 9. The zero-order valence-corrected chi connectivity index (χ0v) is 41.0. The van der Waals surface area contributed by atoms with E-state index >= 15 is 0 Å². The molecule has 10 nitrogen and oxygen atoms in total. The minimum Gasteiger partial charge on any atom is -0.459 e. The zero-order valence-electron chi connectivity index (χ0n) is 41.0. The van der Waals surface area contributed by atoms with E-state index in [0.717, 1.165) is 72.4 Å². The van der Waals surface area contributed by atoms with Crippen molar-refractivity contribution in [3.63, 3.8) is 0 Å². The van der Waals surface area contributed by atoms with Crippen LogP contribution < -0.4 is 9.47 Å². The summed E-state index contributed by atoms with van der Waals surface area (Å²) in [5.41, 5.74) is 3.28. The number of carbonyl (C=O) groups excluding carboxylic acids is 1. The predicted molar refractivity (Wildman–Crippen MR) is 271 cm³/mol. The van der Waals surface area contributed by atoms with E-state index in [4.69, 9.17) is 28.9 Å². The van der Waals surface area contributed by atoms with E-state index in [9.17, 15) is 19.4 Å². The van der Waals surface area contributed by atoms with E-state index in [1.165, 1.54) is 64.2 Å². The van der Waals surface area contributed by atoms with Gasteiger partial charge in [0.05, 0.1) is 24.8 Å². The first-order valence-electron chi connectivity index (χ1n) is 25.8. The molecule has 0 spiro atoms. The first kappa shape index (κ1) is 51.6. The summed E-state index contributed by atoms with van der Waals surface area (Å²) in [5, 5.41) is 26.9. The van der Waals surface area contributed by atoms with Crippen molar-refractivity contribution in [3.8, 4) is 17.2 Å². The van der Waals surface area contributed by atoms with Gasteiger partial charge in [0.1, 0.15) is 36.2 Å². The van der Waals surface area contributed by atoms with Crippen LogP contribution in [0.25, 0.3) is 10.8 Å². The number of nitrogens with zero attached hydrogens (tertiary/aromatic N) is 2. The van der Waals surface area contributed by atoms with Gasteiger partial charge in [0, 0.05) is 37.7 Å². The van der Waals surface area contributed by atoms with E-state index in [1.54, 1.807) is 23.1 Å². The first-order chi connectivity index (χ1) is 33.8. The molecule has 1 saturated carbocycles. The van der Waals surface area contributed by atoms with E-state index < -0.39 is 23.8 Å². The quantitative estimate of drug-likeness (QED) is 0.0328. The number of ether oxygens (including phenoxy) is 4. The van der Waals surface area contributed by atoms with Crippen LogP contribution >= 0.6 is 0 Å². The van der Waals surface area contributed by atoms with Crippen molar-refractivity contribution in [2.45, 2.75) is 140 Å². The highest BCUT2D eigenvalue weighted by atomic mass is 19.1. The van der Waals surface area contributed by atoms with E-state index in [1.807, 2.05) is 36.4 Å². The Morgan fingerprint density at radius 1 is 0.841 bits per heavy atom. The highest BCUT2D eigenvalue weighted by Gasteiger charge is 2.65. The van der Waals surface area contributed by atoms with Gasteiger partial charge in [-0.15, -0.1) is 6.58 Å². The van der Waals surface area contributed by atoms with Crippen LogP contribution in [0.2, 0.25) is 0 Å². The molecule has 0 unspecified atom stereocenters. The molecule has 0 aromatic heterocycles. The highest BCUT2D eigenvalue weighted by Crippen LogP contribution is 2.62. The van der Waals surface area contributed by atoms with Gasteiger partial charge in [-0.05, 0) is 108 Å². The smallest absolute Gasteiger partial charge is 0.410 e. The molecule has 4 aromatic carbocycles. The Kier molecular flexibility index (Phi) is 19.5. The van der Waals surface area contributed by atoms with Gasteiger partial charge in [-0.25, -0.2) is 9.18 Å². The number of benzene rings is 4. The number of carbonyl (C=O) groups is 1. The molecule has 2 aliphatic carbocycles. The minimum atomic E-state index is -1.48. The molecule has 6 atom stereocenters. The van der Waals surface area contributed by atoms with Crippen LogP contribution in [-0.2, 0) is 20.9 Å². The molecule has 11 heteroatoms. The fourth-order valence-electron chi connectivity index (χ4n) is 11.1. The molecule has 2 N–H and O–H groups in total. The van der Waals surface area contributed by atoms with Crippen molar-refractivity contribution >= 4 is 22.6 Å². The summed E-state index contributed by atoms with van der Waals surface area (Å²) >= 11 is 0. The molecule has 1 aliphatic heterocycles. The lowest BCUT2D eigenvalue weighted by Gasteiger charge is -2.59. The summed E-state index contributed by atoms with van der Waals surface area (Å²) in [4.78, 5) is 22.3. The fraction of sp³-hybridized carbons (Fsp3) is 0.517. The monoisotopic (exact) mass is 947 g/mol. The summed E-state index contributed by atoms with van der Waals surface area (Å²) in [5.74, 6) is -0.517. The first-order valence-corrected chi connectivity index (χ1v) is 25.8. The van der Waals surface area contributed by atoms with Gasteiger partial charge in [0.25, 0.3) is 0 Å². The molecule has 1 amide bonds. The summed E-state index contributed by atoms with van der Waals surface area (Å²) in [7, 11) is 1.54. The Hall–Kier alpha value is -5.23. The standard InChI is InChI=1S/C58H75FN2O8/c1-4-6-7-8-9-10-11-12-13-20-36-66-57(64)61(41-42-25-28-46(59)29-26-42)54-40-52(60-65-3)50-38-45(23-16-18-33-62)49(24-17-19-34-63)55-51-39-48(68-47-30-27-43-21-14-15-22-44(43)37-47)31-32-53(51)69-58(54,56(50)55)67-35-5-2/h5,14-15,21-22,25-32,37-39,45,49,54-56,62-63H,2,4,6-13,16-20,23-24,33-36,40-41H2,1,3H3/t45-,49+,54-,55+,56+,58+/m0/s1. The number of allylic oxidation sites excluding steroid dienone is 1. The topological polar surface area (TPSA) is 119 Å². The van der Waals surface area contributed by atoms with Crippen molar-refractivity contribution in [2.75, 3.05) is 33.5 Å². The maximum Gasteiger partial charge on any atom is 0.410 e. The molecule has 69 heavy (non-hydrogen) atoms. The third-order valence-electron chi connectivity index (χ3n) is 14.4. The van der Waals surface area contributed by atoms with Crippen LogP contribution in [0.15, 0.2) is 114 Å². The molecule has 3 aliphatic rings. The second-order valence-corrected chi connectivity index (χ2v) is 19.1. The second kappa shape index (κ2) is 26.1. The lowest BCUT2D eigenvalue weighted by molar-refractivity contribution is -0.256. The van der Waals surface area contributed by atoms with Gasteiger partial charge in [-0.3, -0.25) is 4.90 Å². The molecular weight excluding hydrogens is 872 g/mol. The fourth-order valence-corrected chi connectivity index (χ4v) is 11.1. The molecule has 1 fully saturated rings. The summed E-state index contributed by atoms with van der Waals surface area (Å²) in [6.45, 7) is 6.96. The Balaban J connectivity index is 1.30. The minimum absolute atomic E-state index is 0.0330. The number of rotatable bonds is 28. The van der Waals surface area contributed by atoms with Crippen molar-refractivity contribution in [1.29, 1.82) is 0 Å². The zero-order chi connectivity index (χ0) is 48.4. The van der Waals surface area contributed by atoms with E-state index in [0.29, 0.717) is 35.8 Å². The summed E-state index contributed by atoms with van der Waals surface area (Å²) in [6, 6.07) is 25.6. The van der Waals surface area contributed by atoms with Gasteiger partial charge >= 0.3 is 6.09 Å². The predicted octanol–water partition coefficient (Wildman–Crippen LogP) is 13.6. The van der Waals surface area contributed by atoms with Crippen LogP contribution in [0.5, 0.6) is 17.2 Å². The maximum atomic E-state index is 14.9. The van der Waals surface area contributed by atoms with Crippen LogP contribution in [0.3, 0.4) is 0 Å². The number of amides is 1. The molecule has 1 heterocycles. The number of unbranched alkanes of at least 4 members (excludes halogenated alkanes) is 11. The van der Waals surface area contributed by atoms with Crippen LogP contribution in [0.1, 0.15) is 133 Å². The molecule has 0 saturated heterocycles. The Morgan fingerprint density at radius 2 is 1.52 bits per heavy atom. The average molecular weight is 947 g/mol. The number of aliphatic hydroxyl groups is 2. The number of aliphatic hydroxyl groups excluding tert-OH is 2. The highest BCUT2D eigenvalue weighted by molar-refractivity contribution is 6.03. The molecule has 0 radical (unpaired) electrons. The van der Waals surface area contributed by atoms with Crippen LogP contribution in [-0.4, -0.2) is 72.3 Å². The van der Waals surface area contributed by atoms with Gasteiger partial charge in [0.15, 0.2) is 0 Å². The molecular formula is C58H75FN2O8. The van der Waals surface area contributed by atoms with Crippen LogP contribution in [0.4, 0.5) is 9.18 Å². The number of halogens is 1. The third-order valence-corrected chi connectivity index (χ3v) is 14.4. The largest absolute Gasteiger partial charge is 0.459 e. The molecule has 0 bridgehead atoms. The average Bonchev–Trinajstić information content (AvgIpc) is 3.36. The number of hydrogen-bond donors (Lipinski definition) is 2. The second-order valence-electron chi connectivity index (χ2n) is 19.1.